The molecular weight excluding hydrogens is 260 g/mol. The maximum absolute atomic E-state index is 11.9. The normalized spacial score (nSPS) is 15.5. The highest BCUT2D eigenvalue weighted by molar-refractivity contribution is 7.84. The van der Waals surface area contributed by atoms with Crippen LogP contribution in [0.15, 0.2) is 17.5 Å². The van der Waals surface area contributed by atoms with E-state index in [0.717, 1.165) is 4.88 Å². The predicted molar refractivity (Wildman–Crippen MR) is 70.0 cm³/mol. The van der Waals surface area contributed by atoms with Crippen molar-refractivity contribution in [1.82, 2.24) is 4.72 Å². The topological polar surface area (TPSA) is 72.2 Å². The first kappa shape index (κ1) is 14.3. The van der Waals surface area contributed by atoms with Crippen LogP contribution in [0.25, 0.3) is 0 Å². The standard InChI is InChI=1S/C10H16N2O3S2/c1-10(2,3)17(15)11-8(7-12(13)14)9-5-4-6-16-9/h4-6,8,11H,7H2,1-3H3/t8-,17+/m1/s1. The zero-order chi connectivity index (χ0) is 13.1. The van der Waals surface area contributed by atoms with Crippen LogP contribution in [-0.2, 0) is 11.0 Å². The highest BCUT2D eigenvalue weighted by Gasteiger charge is 2.26. The largest absolute Gasteiger partial charge is 0.264 e. The van der Waals surface area contributed by atoms with E-state index in [2.05, 4.69) is 4.72 Å². The van der Waals surface area contributed by atoms with Crippen LogP contribution < -0.4 is 4.72 Å². The summed E-state index contributed by atoms with van der Waals surface area (Å²) in [5, 5.41) is 12.5. The maximum Gasteiger partial charge on any atom is 0.224 e. The Morgan fingerprint density at radius 2 is 2.24 bits per heavy atom. The molecule has 2 atom stereocenters. The molecule has 0 spiro atoms. The molecule has 0 amide bonds. The molecule has 0 unspecified atom stereocenters. The molecule has 0 saturated heterocycles. The van der Waals surface area contributed by atoms with E-state index in [0.29, 0.717) is 0 Å². The molecule has 0 aliphatic rings. The van der Waals surface area contributed by atoms with Gasteiger partial charge in [-0.1, -0.05) is 6.07 Å². The molecule has 0 aliphatic carbocycles. The molecule has 0 saturated carbocycles. The first-order valence-electron chi connectivity index (χ1n) is 5.14. The molecule has 0 radical (unpaired) electrons. The Morgan fingerprint density at radius 3 is 2.65 bits per heavy atom. The van der Waals surface area contributed by atoms with Gasteiger partial charge in [0.05, 0.1) is 15.7 Å². The summed E-state index contributed by atoms with van der Waals surface area (Å²) in [5.41, 5.74) is 0. The van der Waals surface area contributed by atoms with Crippen molar-refractivity contribution in [3.8, 4) is 0 Å². The first-order valence-corrected chi connectivity index (χ1v) is 7.17. The third-order valence-electron chi connectivity index (χ3n) is 2.02. The van der Waals surface area contributed by atoms with Crippen LogP contribution >= 0.6 is 11.3 Å². The lowest BCUT2D eigenvalue weighted by Crippen LogP contribution is -2.37. The summed E-state index contributed by atoms with van der Waals surface area (Å²) in [7, 11) is -1.32. The van der Waals surface area contributed by atoms with Crippen molar-refractivity contribution in [3.63, 3.8) is 0 Å². The maximum atomic E-state index is 11.9. The van der Waals surface area contributed by atoms with Gasteiger partial charge in [0, 0.05) is 9.80 Å². The van der Waals surface area contributed by atoms with Crippen LogP contribution in [0.2, 0.25) is 0 Å². The zero-order valence-electron chi connectivity index (χ0n) is 10.0. The van der Waals surface area contributed by atoms with Gasteiger partial charge in [-0.15, -0.1) is 11.3 Å². The Kier molecular flexibility index (Phi) is 4.79. The summed E-state index contributed by atoms with van der Waals surface area (Å²) in [6, 6.07) is 3.14. The number of nitro groups is 1. The number of thiophene rings is 1. The number of nitrogens with one attached hydrogen (secondary N) is 1. The smallest absolute Gasteiger partial charge is 0.224 e. The van der Waals surface area contributed by atoms with E-state index in [4.69, 9.17) is 0 Å². The molecule has 0 aromatic carbocycles. The van der Waals surface area contributed by atoms with Gasteiger partial charge in [0.1, 0.15) is 6.04 Å². The number of rotatable bonds is 5. The molecule has 0 bridgehead atoms. The monoisotopic (exact) mass is 276 g/mol. The van der Waals surface area contributed by atoms with Crippen LogP contribution in [0.5, 0.6) is 0 Å². The van der Waals surface area contributed by atoms with E-state index in [9.17, 15) is 14.3 Å². The van der Waals surface area contributed by atoms with Gasteiger partial charge in [-0.3, -0.25) is 10.1 Å². The molecule has 0 aliphatic heterocycles. The summed E-state index contributed by atoms with van der Waals surface area (Å²) in [6.45, 7) is 5.22. The van der Waals surface area contributed by atoms with Crippen LogP contribution in [0.3, 0.4) is 0 Å². The van der Waals surface area contributed by atoms with Gasteiger partial charge in [-0.25, -0.2) is 8.93 Å². The third kappa shape index (κ3) is 4.53. The number of nitrogens with zero attached hydrogens (tertiary/aromatic N) is 1. The minimum Gasteiger partial charge on any atom is -0.264 e. The second-order valence-corrected chi connectivity index (χ2v) is 7.56. The summed E-state index contributed by atoms with van der Waals surface area (Å²) in [6.07, 6.45) is 0. The Balaban J connectivity index is 2.79. The highest BCUT2D eigenvalue weighted by atomic mass is 32.2. The van der Waals surface area contributed by atoms with E-state index in [1.807, 2.05) is 38.3 Å². The molecule has 7 heteroatoms. The Hall–Kier alpha value is -0.790. The average Bonchev–Trinajstić information content (AvgIpc) is 2.66. The van der Waals surface area contributed by atoms with Crippen LogP contribution in [0.4, 0.5) is 0 Å². The Bertz CT molecular complexity index is 398. The summed E-state index contributed by atoms with van der Waals surface area (Å²) in [4.78, 5) is 11.0. The lowest BCUT2D eigenvalue weighted by atomic mass is 10.2. The Labute approximate surface area is 107 Å². The molecular formula is C10H16N2O3S2. The molecule has 17 heavy (non-hydrogen) atoms. The number of hydrogen-bond donors (Lipinski definition) is 1. The van der Waals surface area contributed by atoms with Crippen molar-refractivity contribution < 1.29 is 9.13 Å². The summed E-state index contributed by atoms with van der Waals surface area (Å²) in [5.74, 6) is 0. The van der Waals surface area contributed by atoms with Gasteiger partial charge in [-0.2, -0.15) is 0 Å². The zero-order valence-corrected chi connectivity index (χ0v) is 11.6. The lowest BCUT2D eigenvalue weighted by molar-refractivity contribution is -0.483. The van der Waals surface area contributed by atoms with Crippen molar-refractivity contribution in [2.24, 2.45) is 0 Å². The predicted octanol–water partition coefficient (Wildman–Crippen LogP) is 2.12. The van der Waals surface area contributed by atoms with E-state index < -0.39 is 26.7 Å². The van der Waals surface area contributed by atoms with Crippen molar-refractivity contribution in [3.05, 3.63) is 32.5 Å². The third-order valence-corrected chi connectivity index (χ3v) is 4.62. The minimum absolute atomic E-state index is 0.262. The second kappa shape index (κ2) is 5.70. The molecule has 1 aromatic rings. The van der Waals surface area contributed by atoms with Crippen molar-refractivity contribution in [2.45, 2.75) is 31.6 Å². The summed E-state index contributed by atoms with van der Waals surface area (Å²) < 4.78 is 14.3. The van der Waals surface area contributed by atoms with Gasteiger partial charge in [-0.05, 0) is 32.2 Å². The molecule has 1 aromatic heterocycles. The van der Waals surface area contributed by atoms with E-state index in [1.54, 1.807) is 0 Å². The fraction of sp³-hybridized carbons (Fsp3) is 0.600. The highest BCUT2D eigenvalue weighted by Crippen LogP contribution is 2.21. The van der Waals surface area contributed by atoms with Crippen molar-refractivity contribution in [1.29, 1.82) is 0 Å². The van der Waals surface area contributed by atoms with Gasteiger partial charge < -0.3 is 0 Å². The molecule has 5 nitrogen and oxygen atoms in total. The SMILES string of the molecule is CC(C)(C)[S@](=O)N[C@H](C[N+](=O)[O-])c1cccs1. The molecule has 1 heterocycles. The van der Waals surface area contributed by atoms with E-state index in [1.165, 1.54) is 11.3 Å². The van der Waals surface area contributed by atoms with E-state index in [-0.39, 0.29) is 6.54 Å². The lowest BCUT2D eigenvalue weighted by Gasteiger charge is -2.21. The average molecular weight is 276 g/mol. The van der Waals surface area contributed by atoms with Crippen molar-refractivity contribution >= 4 is 22.3 Å². The minimum atomic E-state index is -1.32. The van der Waals surface area contributed by atoms with Crippen LogP contribution in [0, 0.1) is 10.1 Å². The van der Waals surface area contributed by atoms with Gasteiger partial charge in [0.2, 0.25) is 6.54 Å². The van der Waals surface area contributed by atoms with Gasteiger partial charge in [0.15, 0.2) is 0 Å². The molecule has 1 rings (SSSR count). The first-order chi connectivity index (χ1) is 7.80. The molecule has 1 N–H and O–H groups in total. The fourth-order valence-electron chi connectivity index (χ4n) is 1.13. The molecule has 96 valence electrons. The quantitative estimate of drug-likeness (QED) is 0.661. The second-order valence-electron chi connectivity index (χ2n) is 4.58. The van der Waals surface area contributed by atoms with Gasteiger partial charge >= 0.3 is 0 Å². The fourth-order valence-corrected chi connectivity index (χ4v) is 2.79. The van der Waals surface area contributed by atoms with Crippen molar-refractivity contribution in [2.75, 3.05) is 6.54 Å². The van der Waals surface area contributed by atoms with Crippen LogP contribution in [0.1, 0.15) is 31.7 Å². The van der Waals surface area contributed by atoms with Gasteiger partial charge in [0.25, 0.3) is 0 Å². The summed E-state index contributed by atoms with van der Waals surface area (Å²) >= 11 is 1.42. The van der Waals surface area contributed by atoms with Crippen LogP contribution in [-0.4, -0.2) is 20.4 Å². The van der Waals surface area contributed by atoms with E-state index >= 15 is 0 Å². The molecule has 0 fully saturated rings. The Morgan fingerprint density at radius 1 is 1.59 bits per heavy atom. The number of hydrogen-bond acceptors (Lipinski definition) is 4.